The molecular weight excluding hydrogens is 264 g/mol. The first-order valence-corrected chi connectivity index (χ1v) is 7.72. The van der Waals surface area contributed by atoms with Gasteiger partial charge in [0, 0.05) is 18.2 Å². The van der Waals surface area contributed by atoms with Crippen molar-refractivity contribution in [1.29, 1.82) is 0 Å². The van der Waals surface area contributed by atoms with Gasteiger partial charge in [-0.2, -0.15) is 0 Å². The first-order valence-electron chi connectivity index (χ1n) is 7.72. The molecule has 0 unspecified atom stereocenters. The number of amides is 1. The summed E-state index contributed by atoms with van der Waals surface area (Å²) in [5.74, 6) is 0.842. The predicted octanol–water partition coefficient (Wildman–Crippen LogP) is 2.06. The van der Waals surface area contributed by atoms with Crippen molar-refractivity contribution in [1.82, 2.24) is 10.2 Å². The van der Waals surface area contributed by atoms with Crippen molar-refractivity contribution < 1.29 is 9.53 Å². The lowest BCUT2D eigenvalue weighted by molar-refractivity contribution is -0.118. The molecule has 0 radical (unpaired) electrons. The van der Waals surface area contributed by atoms with E-state index in [0.29, 0.717) is 18.2 Å². The van der Waals surface area contributed by atoms with Crippen molar-refractivity contribution in [2.75, 3.05) is 26.2 Å². The Labute approximate surface area is 125 Å². The lowest BCUT2D eigenvalue weighted by Crippen LogP contribution is -2.41. The molecule has 1 aromatic carbocycles. The van der Waals surface area contributed by atoms with Crippen molar-refractivity contribution in [2.24, 2.45) is 0 Å². The summed E-state index contributed by atoms with van der Waals surface area (Å²) in [4.78, 5) is 14.7. The van der Waals surface area contributed by atoms with Gasteiger partial charge >= 0.3 is 0 Å². The minimum Gasteiger partial charge on any atom is -0.488 e. The molecule has 0 saturated carbocycles. The third-order valence-corrected chi connectivity index (χ3v) is 4.33. The standard InChI is InChI=1S/C17H22N2O2/c1-2-19-9-5-7-15(19)11-18-17(20)14-10-13-6-3-4-8-16(13)21-12-14/h3-4,6,8,10,15H,2,5,7,9,11-12H2,1H3,(H,18,20)/t15-/m1/s1. The zero-order chi connectivity index (χ0) is 14.7. The van der Waals surface area contributed by atoms with Crippen molar-refractivity contribution in [3.8, 4) is 5.75 Å². The van der Waals surface area contributed by atoms with Gasteiger partial charge in [0.1, 0.15) is 12.4 Å². The Morgan fingerprint density at radius 2 is 2.29 bits per heavy atom. The minimum atomic E-state index is -0.00699. The molecule has 1 N–H and O–H groups in total. The topological polar surface area (TPSA) is 41.6 Å². The van der Waals surface area contributed by atoms with Crippen LogP contribution in [0.2, 0.25) is 0 Å². The summed E-state index contributed by atoms with van der Waals surface area (Å²) in [6.45, 7) is 5.46. The van der Waals surface area contributed by atoms with Gasteiger partial charge in [-0.3, -0.25) is 9.69 Å². The highest BCUT2D eigenvalue weighted by Gasteiger charge is 2.24. The van der Waals surface area contributed by atoms with Crippen LogP contribution >= 0.6 is 0 Å². The average molecular weight is 286 g/mol. The molecule has 4 nitrogen and oxygen atoms in total. The number of nitrogens with zero attached hydrogens (tertiary/aromatic N) is 1. The van der Waals surface area contributed by atoms with E-state index in [1.165, 1.54) is 12.8 Å². The molecule has 1 fully saturated rings. The molecule has 0 aliphatic carbocycles. The molecule has 2 aliphatic heterocycles. The molecule has 3 rings (SSSR count). The maximum Gasteiger partial charge on any atom is 0.250 e. The van der Waals surface area contributed by atoms with Crippen LogP contribution in [0.25, 0.3) is 6.08 Å². The van der Waals surface area contributed by atoms with Crippen molar-refractivity contribution in [3.05, 3.63) is 35.4 Å². The Kier molecular flexibility index (Phi) is 4.25. The normalized spacial score (nSPS) is 21.4. The number of carbonyl (C=O) groups is 1. The number of hydrogen-bond donors (Lipinski definition) is 1. The maximum atomic E-state index is 12.3. The third-order valence-electron chi connectivity index (χ3n) is 4.33. The Hall–Kier alpha value is -1.81. The van der Waals surface area contributed by atoms with E-state index in [1.54, 1.807) is 0 Å². The van der Waals surface area contributed by atoms with E-state index in [0.717, 1.165) is 30.9 Å². The van der Waals surface area contributed by atoms with Gasteiger partial charge in [-0.25, -0.2) is 0 Å². The SMILES string of the molecule is CCN1CCC[C@@H]1CNC(=O)C1=Cc2ccccc2OC1. The fourth-order valence-corrected chi connectivity index (χ4v) is 3.11. The number of rotatable bonds is 4. The molecule has 0 spiro atoms. The summed E-state index contributed by atoms with van der Waals surface area (Å²) in [5.41, 5.74) is 1.68. The number of likely N-dealkylation sites (tertiary alicyclic amines) is 1. The van der Waals surface area contributed by atoms with Crippen LogP contribution in [0, 0.1) is 0 Å². The van der Waals surface area contributed by atoms with E-state index >= 15 is 0 Å². The quantitative estimate of drug-likeness (QED) is 0.921. The first-order chi connectivity index (χ1) is 10.3. The van der Waals surface area contributed by atoms with Gasteiger partial charge in [0.2, 0.25) is 0 Å². The summed E-state index contributed by atoms with van der Waals surface area (Å²) in [7, 11) is 0. The summed E-state index contributed by atoms with van der Waals surface area (Å²) >= 11 is 0. The van der Waals surface area contributed by atoms with Crippen LogP contribution in [-0.2, 0) is 4.79 Å². The summed E-state index contributed by atoms with van der Waals surface area (Å²) < 4.78 is 5.63. The van der Waals surface area contributed by atoms with Gasteiger partial charge in [0.15, 0.2) is 0 Å². The number of hydrogen-bond acceptors (Lipinski definition) is 3. The summed E-state index contributed by atoms with van der Waals surface area (Å²) in [5, 5.41) is 3.06. The Balaban J connectivity index is 1.60. The number of ether oxygens (including phenoxy) is 1. The van der Waals surface area contributed by atoms with Crippen molar-refractivity contribution in [3.63, 3.8) is 0 Å². The molecule has 1 amide bonds. The molecule has 1 saturated heterocycles. The lowest BCUT2D eigenvalue weighted by atomic mass is 10.1. The molecule has 112 valence electrons. The van der Waals surface area contributed by atoms with Gasteiger partial charge in [-0.1, -0.05) is 25.1 Å². The molecule has 1 atom stereocenters. The van der Waals surface area contributed by atoms with Gasteiger partial charge in [0.25, 0.3) is 5.91 Å². The Morgan fingerprint density at radius 1 is 1.43 bits per heavy atom. The van der Waals surface area contributed by atoms with Crippen LogP contribution in [0.1, 0.15) is 25.3 Å². The number of fused-ring (bicyclic) bond motifs is 1. The fourth-order valence-electron chi connectivity index (χ4n) is 3.11. The molecule has 1 aromatic rings. The third kappa shape index (κ3) is 3.10. The van der Waals surface area contributed by atoms with Gasteiger partial charge < -0.3 is 10.1 Å². The molecule has 0 bridgehead atoms. The van der Waals surface area contributed by atoms with E-state index in [2.05, 4.69) is 17.1 Å². The summed E-state index contributed by atoms with van der Waals surface area (Å²) in [6, 6.07) is 8.28. The second-order valence-corrected chi connectivity index (χ2v) is 5.63. The van der Waals surface area contributed by atoms with Crippen LogP contribution < -0.4 is 10.1 Å². The van der Waals surface area contributed by atoms with Gasteiger partial charge in [-0.05, 0) is 38.1 Å². The van der Waals surface area contributed by atoms with Crippen LogP contribution in [0.4, 0.5) is 0 Å². The average Bonchev–Trinajstić information content (AvgIpc) is 2.99. The van der Waals surface area contributed by atoms with Crippen LogP contribution in [0.15, 0.2) is 29.8 Å². The van der Waals surface area contributed by atoms with E-state index in [1.807, 2.05) is 30.3 Å². The van der Waals surface area contributed by atoms with Crippen LogP contribution in [0.3, 0.4) is 0 Å². The molecule has 4 heteroatoms. The second kappa shape index (κ2) is 6.31. The number of para-hydroxylation sites is 1. The zero-order valence-electron chi connectivity index (χ0n) is 12.5. The van der Waals surface area contributed by atoms with Crippen molar-refractivity contribution >= 4 is 12.0 Å². The lowest BCUT2D eigenvalue weighted by Gasteiger charge is -2.23. The zero-order valence-corrected chi connectivity index (χ0v) is 12.5. The molecule has 2 aliphatic rings. The van der Waals surface area contributed by atoms with Crippen LogP contribution in [0.5, 0.6) is 5.75 Å². The maximum absolute atomic E-state index is 12.3. The van der Waals surface area contributed by atoms with E-state index in [4.69, 9.17) is 4.74 Å². The Bertz CT molecular complexity index is 553. The van der Waals surface area contributed by atoms with E-state index in [-0.39, 0.29) is 5.91 Å². The fraction of sp³-hybridized carbons (Fsp3) is 0.471. The molecule has 0 aromatic heterocycles. The number of likely N-dealkylation sites (N-methyl/N-ethyl adjacent to an activating group) is 1. The van der Waals surface area contributed by atoms with Gasteiger partial charge in [-0.15, -0.1) is 0 Å². The predicted molar refractivity (Wildman–Crippen MR) is 83.2 cm³/mol. The first kappa shape index (κ1) is 14.1. The van der Waals surface area contributed by atoms with Crippen LogP contribution in [-0.4, -0.2) is 43.1 Å². The highest BCUT2D eigenvalue weighted by atomic mass is 16.5. The van der Waals surface area contributed by atoms with E-state index in [9.17, 15) is 4.79 Å². The number of benzene rings is 1. The molecular formula is C17H22N2O2. The second-order valence-electron chi connectivity index (χ2n) is 5.63. The molecule has 2 heterocycles. The number of carbonyl (C=O) groups excluding carboxylic acids is 1. The summed E-state index contributed by atoms with van der Waals surface area (Å²) in [6.07, 6.45) is 4.33. The van der Waals surface area contributed by atoms with Gasteiger partial charge in [0.05, 0.1) is 5.57 Å². The largest absolute Gasteiger partial charge is 0.488 e. The monoisotopic (exact) mass is 286 g/mol. The highest BCUT2D eigenvalue weighted by molar-refractivity contribution is 5.99. The minimum absolute atomic E-state index is 0.00699. The Morgan fingerprint density at radius 3 is 3.14 bits per heavy atom. The molecule has 21 heavy (non-hydrogen) atoms. The van der Waals surface area contributed by atoms with Crippen molar-refractivity contribution in [2.45, 2.75) is 25.8 Å². The van der Waals surface area contributed by atoms with E-state index < -0.39 is 0 Å². The smallest absolute Gasteiger partial charge is 0.250 e. The highest BCUT2D eigenvalue weighted by Crippen LogP contribution is 2.25. The number of nitrogens with one attached hydrogen (secondary N) is 1.